The maximum absolute atomic E-state index is 12.2. The highest BCUT2D eigenvalue weighted by Crippen LogP contribution is 2.33. The SMILES string of the molecule is CNc1cc(CN2C(=O)CC(C)(C)C2=O)ccc1[N+](=O)[O-]. The molecule has 7 nitrogen and oxygen atoms in total. The number of rotatable bonds is 4. The van der Waals surface area contributed by atoms with Crippen molar-refractivity contribution in [1.82, 2.24) is 4.90 Å². The zero-order chi connectivity index (χ0) is 15.8. The van der Waals surface area contributed by atoms with Crippen molar-refractivity contribution in [2.75, 3.05) is 12.4 Å². The highest BCUT2D eigenvalue weighted by molar-refractivity contribution is 6.05. The molecule has 2 amide bonds. The molecule has 1 heterocycles. The molecule has 112 valence electrons. The van der Waals surface area contributed by atoms with Crippen LogP contribution in [0, 0.1) is 15.5 Å². The first kappa shape index (κ1) is 15.0. The number of nitro benzene ring substituents is 1. The Hall–Kier alpha value is -2.44. The van der Waals surface area contributed by atoms with Crippen molar-refractivity contribution >= 4 is 23.2 Å². The molecule has 0 radical (unpaired) electrons. The summed E-state index contributed by atoms with van der Waals surface area (Å²) >= 11 is 0. The van der Waals surface area contributed by atoms with Crippen LogP contribution in [0.2, 0.25) is 0 Å². The van der Waals surface area contributed by atoms with E-state index >= 15 is 0 Å². The van der Waals surface area contributed by atoms with Crippen LogP contribution in [0.4, 0.5) is 11.4 Å². The number of hydrogen-bond donors (Lipinski definition) is 1. The molecular formula is C14H17N3O4. The largest absolute Gasteiger partial charge is 0.383 e. The van der Waals surface area contributed by atoms with Gasteiger partial charge in [0.1, 0.15) is 5.69 Å². The van der Waals surface area contributed by atoms with E-state index in [0.717, 1.165) is 0 Å². The van der Waals surface area contributed by atoms with Crippen LogP contribution in [0.25, 0.3) is 0 Å². The monoisotopic (exact) mass is 291 g/mol. The summed E-state index contributed by atoms with van der Waals surface area (Å²) in [6.45, 7) is 3.61. The average molecular weight is 291 g/mol. The van der Waals surface area contributed by atoms with Gasteiger partial charge in [-0.2, -0.15) is 0 Å². The molecule has 1 aromatic rings. The van der Waals surface area contributed by atoms with E-state index in [1.807, 2.05) is 0 Å². The fraction of sp³-hybridized carbons (Fsp3) is 0.429. The predicted octanol–water partition coefficient (Wildman–Crippen LogP) is 1.92. The van der Waals surface area contributed by atoms with Crippen molar-refractivity contribution in [3.63, 3.8) is 0 Å². The number of nitrogens with one attached hydrogen (secondary N) is 1. The van der Waals surface area contributed by atoms with E-state index in [0.29, 0.717) is 11.3 Å². The van der Waals surface area contributed by atoms with Gasteiger partial charge in [-0.1, -0.05) is 19.9 Å². The first-order valence-corrected chi connectivity index (χ1v) is 6.56. The van der Waals surface area contributed by atoms with E-state index in [1.54, 1.807) is 33.0 Å². The van der Waals surface area contributed by atoms with Crippen LogP contribution in [0.3, 0.4) is 0 Å². The van der Waals surface area contributed by atoms with Gasteiger partial charge in [0.2, 0.25) is 11.8 Å². The summed E-state index contributed by atoms with van der Waals surface area (Å²) in [6.07, 6.45) is 0.192. The average Bonchev–Trinajstić information content (AvgIpc) is 2.60. The lowest BCUT2D eigenvalue weighted by Gasteiger charge is -2.18. The van der Waals surface area contributed by atoms with Crippen molar-refractivity contribution in [2.24, 2.45) is 5.41 Å². The number of imide groups is 1. The Labute approximate surface area is 122 Å². The smallest absolute Gasteiger partial charge is 0.292 e. The van der Waals surface area contributed by atoms with Gasteiger partial charge >= 0.3 is 0 Å². The first-order valence-electron chi connectivity index (χ1n) is 6.56. The minimum Gasteiger partial charge on any atom is -0.383 e. The van der Waals surface area contributed by atoms with Crippen molar-refractivity contribution in [3.05, 3.63) is 33.9 Å². The zero-order valence-electron chi connectivity index (χ0n) is 12.2. The van der Waals surface area contributed by atoms with Gasteiger partial charge in [0.25, 0.3) is 5.69 Å². The maximum Gasteiger partial charge on any atom is 0.292 e. The van der Waals surface area contributed by atoms with Gasteiger partial charge < -0.3 is 5.32 Å². The molecule has 0 aliphatic carbocycles. The molecule has 0 spiro atoms. The van der Waals surface area contributed by atoms with Crippen molar-refractivity contribution in [3.8, 4) is 0 Å². The van der Waals surface area contributed by atoms with Crippen LogP contribution in [-0.2, 0) is 16.1 Å². The summed E-state index contributed by atoms with van der Waals surface area (Å²) in [5.41, 5.74) is 0.310. The Morgan fingerprint density at radius 3 is 2.52 bits per heavy atom. The number of anilines is 1. The summed E-state index contributed by atoms with van der Waals surface area (Å²) in [7, 11) is 1.58. The molecule has 0 aromatic heterocycles. The second kappa shape index (κ2) is 5.16. The van der Waals surface area contributed by atoms with Gasteiger partial charge in [0.15, 0.2) is 0 Å². The number of carbonyl (C=O) groups excluding carboxylic acids is 2. The molecule has 2 rings (SSSR count). The van der Waals surface area contributed by atoms with Crippen molar-refractivity contribution < 1.29 is 14.5 Å². The van der Waals surface area contributed by atoms with Crippen LogP contribution in [0.1, 0.15) is 25.8 Å². The topological polar surface area (TPSA) is 92.6 Å². The predicted molar refractivity (Wildman–Crippen MR) is 76.6 cm³/mol. The summed E-state index contributed by atoms with van der Waals surface area (Å²) in [5, 5.41) is 13.6. The Kier molecular flexibility index (Phi) is 3.67. The lowest BCUT2D eigenvalue weighted by atomic mass is 9.92. The number of carbonyl (C=O) groups is 2. The normalized spacial score (nSPS) is 17.2. The van der Waals surface area contributed by atoms with Gasteiger partial charge in [-0.15, -0.1) is 0 Å². The van der Waals surface area contributed by atoms with Crippen LogP contribution in [-0.4, -0.2) is 28.7 Å². The third kappa shape index (κ3) is 2.72. The van der Waals surface area contributed by atoms with E-state index in [9.17, 15) is 19.7 Å². The summed E-state index contributed by atoms with van der Waals surface area (Å²) in [6, 6.07) is 4.52. The second-order valence-corrected chi connectivity index (χ2v) is 5.70. The number of benzene rings is 1. The lowest BCUT2D eigenvalue weighted by Crippen LogP contribution is -2.32. The van der Waals surface area contributed by atoms with E-state index in [-0.39, 0.29) is 30.5 Å². The van der Waals surface area contributed by atoms with Crippen LogP contribution < -0.4 is 5.32 Å². The molecule has 7 heteroatoms. The molecule has 1 N–H and O–H groups in total. The van der Waals surface area contributed by atoms with Gasteiger partial charge in [-0.3, -0.25) is 24.6 Å². The fourth-order valence-electron chi connectivity index (χ4n) is 2.41. The summed E-state index contributed by atoms with van der Waals surface area (Å²) < 4.78 is 0. The van der Waals surface area contributed by atoms with Gasteiger partial charge in [0, 0.05) is 19.5 Å². The second-order valence-electron chi connectivity index (χ2n) is 5.70. The number of nitro groups is 1. The first-order chi connectivity index (χ1) is 9.76. The molecule has 1 aliphatic heterocycles. The van der Waals surface area contributed by atoms with E-state index in [2.05, 4.69) is 5.32 Å². The minimum atomic E-state index is -0.677. The third-order valence-corrected chi connectivity index (χ3v) is 3.59. The van der Waals surface area contributed by atoms with Crippen LogP contribution >= 0.6 is 0 Å². The van der Waals surface area contributed by atoms with Crippen LogP contribution in [0.15, 0.2) is 18.2 Å². The molecule has 0 saturated carbocycles. The third-order valence-electron chi connectivity index (χ3n) is 3.59. The number of nitrogens with zero attached hydrogens (tertiary/aromatic N) is 2. The number of amides is 2. The fourth-order valence-corrected chi connectivity index (χ4v) is 2.41. The molecule has 0 bridgehead atoms. The van der Waals surface area contributed by atoms with Gasteiger partial charge in [0.05, 0.1) is 16.9 Å². The minimum absolute atomic E-state index is 0.0411. The van der Waals surface area contributed by atoms with Gasteiger partial charge in [-0.05, 0) is 11.6 Å². The highest BCUT2D eigenvalue weighted by Gasteiger charge is 2.44. The summed E-state index contributed by atoms with van der Waals surface area (Å²) in [4.78, 5) is 35.7. The lowest BCUT2D eigenvalue weighted by molar-refractivity contribution is -0.384. The molecule has 0 unspecified atom stereocenters. The van der Waals surface area contributed by atoms with E-state index in [4.69, 9.17) is 0 Å². The van der Waals surface area contributed by atoms with E-state index < -0.39 is 10.3 Å². The number of hydrogen-bond acceptors (Lipinski definition) is 5. The Balaban J connectivity index is 2.27. The molecule has 21 heavy (non-hydrogen) atoms. The summed E-state index contributed by atoms with van der Waals surface area (Å²) in [5.74, 6) is -0.425. The molecule has 1 saturated heterocycles. The Morgan fingerprint density at radius 2 is 2.05 bits per heavy atom. The molecule has 1 aromatic carbocycles. The Bertz CT molecular complexity index is 625. The van der Waals surface area contributed by atoms with Crippen molar-refractivity contribution in [1.29, 1.82) is 0 Å². The Morgan fingerprint density at radius 1 is 1.38 bits per heavy atom. The molecule has 1 aliphatic rings. The number of likely N-dealkylation sites (tertiary alicyclic amines) is 1. The van der Waals surface area contributed by atoms with Crippen molar-refractivity contribution in [2.45, 2.75) is 26.8 Å². The zero-order valence-corrected chi connectivity index (χ0v) is 12.2. The van der Waals surface area contributed by atoms with Crippen LogP contribution in [0.5, 0.6) is 0 Å². The maximum atomic E-state index is 12.2. The standard InChI is InChI=1S/C14H17N3O4/c1-14(2)7-12(18)16(13(14)19)8-9-4-5-11(17(20)21)10(6-9)15-3/h4-6,15H,7-8H2,1-3H3. The quantitative estimate of drug-likeness (QED) is 0.519. The van der Waals surface area contributed by atoms with Gasteiger partial charge in [-0.25, -0.2) is 0 Å². The molecular weight excluding hydrogens is 274 g/mol. The molecule has 0 atom stereocenters. The van der Waals surface area contributed by atoms with E-state index in [1.165, 1.54) is 11.0 Å². The highest BCUT2D eigenvalue weighted by atomic mass is 16.6. The molecule has 1 fully saturated rings.